The number of amides is 2. The van der Waals surface area contributed by atoms with E-state index in [-0.39, 0.29) is 23.8 Å². The molecule has 1 fully saturated rings. The Bertz CT molecular complexity index is 578. The van der Waals surface area contributed by atoms with E-state index in [0.717, 1.165) is 31.6 Å². The molecule has 25 heavy (non-hydrogen) atoms. The summed E-state index contributed by atoms with van der Waals surface area (Å²) in [5.74, 6) is -0.432. The van der Waals surface area contributed by atoms with E-state index in [9.17, 15) is 9.59 Å². The predicted octanol–water partition coefficient (Wildman–Crippen LogP) is 1.17. The van der Waals surface area contributed by atoms with Crippen LogP contribution in [0, 0.1) is 5.92 Å². The van der Waals surface area contributed by atoms with E-state index in [1.807, 2.05) is 32.2 Å². The fourth-order valence-electron chi connectivity index (χ4n) is 3.18. The van der Waals surface area contributed by atoms with Crippen LogP contribution in [0.4, 0.5) is 5.69 Å². The van der Waals surface area contributed by atoms with Crippen molar-refractivity contribution < 1.29 is 9.59 Å². The van der Waals surface area contributed by atoms with Gasteiger partial charge in [0.05, 0.1) is 12.0 Å². The molecular formula is C19H30N4O2. The van der Waals surface area contributed by atoms with Gasteiger partial charge < -0.3 is 15.5 Å². The van der Waals surface area contributed by atoms with Gasteiger partial charge in [0.15, 0.2) is 0 Å². The van der Waals surface area contributed by atoms with Gasteiger partial charge in [0.2, 0.25) is 11.8 Å². The van der Waals surface area contributed by atoms with E-state index < -0.39 is 0 Å². The summed E-state index contributed by atoms with van der Waals surface area (Å²) in [6, 6.07) is 9.98. The van der Waals surface area contributed by atoms with E-state index in [1.54, 1.807) is 4.90 Å². The lowest BCUT2D eigenvalue weighted by molar-refractivity contribution is -0.139. The Hall–Kier alpha value is -2.08. The number of nitrogens with zero attached hydrogens (tertiary/aromatic N) is 3. The van der Waals surface area contributed by atoms with Crippen molar-refractivity contribution in [2.24, 2.45) is 11.7 Å². The molecule has 0 unspecified atom stereocenters. The van der Waals surface area contributed by atoms with Crippen LogP contribution in [0.1, 0.15) is 19.8 Å². The van der Waals surface area contributed by atoms with Crippen molar-refractivity contribution in [1.82, 2.24) is 9.80 Å². The van der Waals surface area contributed by atoms with Crippen LogP contribution in [0.15, 0.2) is 30.3 Å². The average molecular weight is 346 g/mol. The minimum Gasteiger partial charge on any atom is -0.373 e. The lowest BCUT2D eigenvalue weighted by Crippen LogP contribution is -2.51. The van der Waals surface area contributed by atoms with E-state index in [4.69, 9.17) is 5.73 Å². The summed E-state index contributed by atoms with van der Waals surface area (Å²) in [6.45, 7) is 4.72. The molecule has 2 rings (SSSR count). The number of para-hydroxylation sites is 1. The Morgan fingerprint density at radius 1 is 1.24 bits per heavy atom. The molecule has 0 aliphatic carbocycles. The molecule has 1 aromatic carbocycles. The van der Waals surface area contributed by atoms with Crippen molar-refractivity contribution in [3.05, 3.63) is 30.3 Å². The third-order valence-corrected chi connectivity index (χ3v) is 5.14. The summed E-state index contributed by atoms with van der Waals surface area (Å²) in [7, 11) is 4.02. The van der Waals surface area contributed by atoms with Crippen molar-refractivity contribution in [1.29, 1.82) is 0 Å². The van der Waals surface area contributed by atoms with Crippen molar-refractivity contribution in [3.63, 3.8) is 0 Å². The molecule has 0 radical (unpaired) electrons. The zero-order valence-electron chi connectivity index (χ0n) is 15.5. The standard InChI is InChI=1S/C19H30N4O2/c1-15(19(25)23-11-7-8-16(14-23)18(20)24)21(2)12-13-22(3)17-9-5-4-6-10-17/h4-6,9-10,15-16H,7-8,11-14H2,1-3H3,(H2,20,24)/t15-,16-/m0/s1. The van der Waals surface area contributed by atoms with Crippen molar-refractivity contribution in [3.8, 4) is 0 Å². The van der Waals surface area contributed by atoms with Gasteiger partial charge in [0.25, 0.3) is 0 Å². The number of carbonyl (C=O) groups excluding carboxylic acids is 2. The van der Waals surface area contributed by atoms with Crippen LogP contribution < -0.4 is 10.6 Å². The molecule has 6 nitrogen and oxygen atoms in total. The maximum absolute atomic E-state index is 12.7. The molecule has 0 bridgehead atoms. The van der Waals surface area contributed by atoms with Crippen LogP contribution in [0.3, 0.4) is 0 Å². The zero-order valence-corrected chi connectivity index (χ0v) is 15.5. The summed E-state index contributed by atoms with van der Waals surface area (Å²) in [6.07, 6.45) is 1.62. The first-order chi connectivity index (χ1) is 11.9. The molecule has 1 aliphatic heterocycles. The van der Waals surface area contributed by atoms with E-state index in [2.05, 4.69) is 29.0 Å². The lowest BCUT2D eigenvalue weighted by atomic mass is 9.97. The Morgan fingerprint density at radius 3 is 2.56 bits per heavy atom. The highest BCUT2D eigenvalue weighted by Crippen LogP contribution is 2.18. The first-order valence-electron chi connectivity index (χ1n) is 8.94. The number of anilines is 1. The smallest absolute Gasteiger partial charge is 0.239 e. The van der Waals surface area contributed by atoms with Crippen molar-refractivity contribution in [2.75, 3.05) is 45.2 Å². The molecule has 1 heterocycles. The number of primary amides is 1. The third kappa shape index (κ3) is 5.19. The molecule has 2 atom stereocenters. The second-order valence-electron chi connectivity index (χ2n) is 6.94. The molecule has 1 aliphatic rings. The Balaban J connectivity index is 1.85. The minimum absolute atomic E-state index is 0.0795. The van der Waals surface area contributed by atoms with Gasteiger partial charge >= 0.3 is 0 Å². The van der Waals surface area contributed by atoms with E-state index in [1.165, 1.54) is 0 Å². The largest absolute Gasteiger partial charge is 0.373 e. The van der Waals surface area contributed by atoms with Gasteiger partial charge in [-0.25, -0.2) is 0 Å². The first-order valence-corrected chi connectivity index (χ1v) is 8.94. The van der Waals surface area contributed by atoms with Crippen LogP contribution >= 0.6 is 0 Å². The molecular weight excluding hydrogens is 316 g/mol. The number of benzene rings is 1. The van der Waals surface area contributed by atoms with E-state index >= 15 is 0 Å². The average Bonchev–Trinajstić information content (AvgIpc) is 2.65. The fraction of sp³-hybridized carbons (Fsp3) is 0.579. The van der Waals surface area contributed by atoms with Crippen LogP contribution in [0.2, 0.25) is 0 Å². The number of likely N-dealkylation sites (tertiary alicyclic amines) is 1. The highest BCUT2D eigenvalue weighted by Gasteiger charge is 2.30. The summed E-state index contributed by atoms with van der Waals surface area (Å²) < 4.78 is 0. The van der Waals surface area contributed by atoms with Crippen LogP contribution in [0.5, 0.6) is 0 Å². The van der Waals surface area contributed by atoms with Crippen LogP contribution in [-0.4, -0.2) is 67.9 Å². The Morgan fingerprint density at radius 2 is 1.92 bits per heavy atom. The SMILES string of the molecule is C[C@@H](C(=O)N1CCC[C@H](C(N)=O)C1)N(C)CCN(C)c1ccccc1. The molecule has 0 aromatic heterocycles. The molecule has 1 aromatic rings. The summed E-state index contributed by atoms with van der Waals surface area (Å²) in [5, 5.41) is 0. The predicted molar refractivity (Wildman–Crippen MR) is 100 cm³/mol. The van der Waals surface area contributed by atoms with Crippen LogP contribution in [-0.2, 0) is 9.59 Å². The quantitative estimate of drug-likeness (QED) is 0.804. The lowest BCUT2D eigenvalue weighted by Gasteiger charge is -2.35. The van der Waals surface area contributed by atoms with Gasteiger partial charge in [-0.2, -0.15) is 0 Å². The van der Waals surface area contributed by atoms with Gasteiger partial charge in [-0.3, -0.25) is 14.5 Å². The number of hydrogen-bond acceptors (Lipinski definition) is 4. The Labute approximate surface area is 150 Å². The maximum Gasteiger partial charge on any atom is 0.239 e. The highest BCUT2D eigenvalue weighted by atomic mass is 16.2. The second-order valence-corrected chi connectivity index (χ2v) is 6.94. The molecule has 2 amide bonds. The van der Waals surface area contributed by atoms with Crippen molar-refractivity contribution >= 4 is 17.5 Å². The maximum atomic E-state index is 12.7. The molecule has 0 saturated carbocycles. The fourth-order valence-corrected chi connectivity index (χ4v) is 3.18. The van der Waals surface area contributed by atoms with Gasteiger partial charge in [0, 0.05) is 38.9 Å². The number of likely N-dealkylation sites (N-methyl/N-ethyl adjacent to an activating group) is 2. The number of nitrogens with two attached hydrogens (primary N) is 1. The second kappa shape index (κ2) is 8.85. The normalized spacial score (nSPS) is 18.9. The zero-order chi connectivity index (χ0) is 18.4. The topological polar surface area (TPSA) is 69.9 Å². The molecule has 138 valence electrons. The summed E-state index contributed by atoms with van der Waals surface area (Å²) in [5.41, 5.74) is 6.57. The molecule has 2 N–H and O–H groups in total. The minimum atomic E-state index is -0.303. The summed E-state index contributed by atoms with van der Waals surface area (Å²) in [4.78, 5) is 30.2. The van der Waals surface area contributed by atoms with Crippen molar-refractivity contribution in [2.45, 2.75) is 25.8 Å². The summed E-state index contributed by atoms with van der Waals surface area (Å²) >= 11 is 0. The molecule has 6 heteroatoms. The molecule has 1 saturated heterocycles. The van der Waals surface area contributed by atoms with Gasteiger partial charge in [0.1, 0.15) is 0 Å². The van der Waals surface area contributed by atoms with Crippen LogP contribution in [0.25, 0.3) is 0 Å². The number of carbonyl (C=O) groups is 2. The van der Waals surface area contributed by atoms with Gasteiger partial charge in [-0.05, 0) is 38.9 Å². The third-order valence-electron chi connectivity index (χ3n) is 5.14. The number of hydrogen-bond donors (Lipinski definition) is 1. The first kappa shape index (κ1) is 19.2. The van der Waals surface area contributed by atoms with E-state index in [0.29, 0.717) is 13.1 Å². The number of piperidine rings is 1. The molecule has 0 spiro atoms. The highest BCUT2D eigenvalue weighted by molar-refractivity contribution is 5.83. The Kier molecular flexibility index (Phi) is 6.82. The number of rotatable bonds is 7. The van der Waals surface area contributed by atoms with Gasteiger partial charge in [-0.1, -0.05) is 18.2 Å². The van der Waals surface area contributed by atoms with Gasteiger partial charge in [-0.15, -0.1) is 0 Å². The monoisotopic (exact) mass is 346 g/mol.